The Hall–Kier alpha value is -0.0800. The molecule has 0 bridgehead atoms. The van der Waals surface area contributed by atoms with Crippen molar-refractivity contribution in [3.8, 4) is 0 Å². The molecule has 2 unspecified atom stereocenters. The molecule has 2 heteroatoms. The van der Waals surface area contributed by atoms with E-state index in [2.05, 4.69) is 51.8 Å². The number of piperidine rings is 1. The summed E-state index contributed by atoms with van der Waals surface area (Å²) in [6.07, 6.45) is 2.73. The number of nitrogens with zero attached hydrogens (tertiary/aromatic N) is 1. The Balaban J connectivity index is 2.27. The van der Waals surface area contributed by atoms with Crippen molar-refractivity contribution in [2.75, 3.05) is 26.2 Å². The van der Waals surface area contributed by atoms with Gasteiger partial charge in [0.05, 0.1) is 0 Å². The topological polar surface area (TPSA) is 15.3 Å². The van der Waals surface area contributed by atoms with Gasteiger partial charge in [-0.25, -0.2) is 0 Å². The standard InChI is InChI=1S/C16H34N2/c1-7-18-10-8-15(9-11-18)14(3)17-12-13(2)16(4,5)6/h13-15,17H,7-12H2,1-6H3. The highest BCUT2D eigenvalue weighted by Gasteiger charge is 2.25. The lowest BCUT2D eigenvalue weighted by Gasteiger charge is -2.36. The number of nitrogens with one attached hydrogen (secondary N) is 1. The Labute approximate surface area is 115 Å². The van der Waals surface area contributed by atoms with Crippen LogP contribution in [-0.4, -0.2) is 37.1 Å². The molecule has 1 fully saturated rings. The van der Waals surface area contributed by atoms with Crippen LogP contribution in [0.4, 0.5) is 0 Å². The Kier molecular flexibility index (Phi) is 6.13. The second kappa shape index (κ2) is 6.91. The molecule has 0 aromatic rings. The molecule has 0 saturated carbocycles. The molecular weight excluding hydrogens is 220 g/mol. The summed E-state index contributed by atoms with van der Waals surface area (Å²) >= 11 is 0. The van der Waals surface area contributed by atoms with Crippen LogP contribution in [0.3, 0.4) is 0 Å². The summed E-state index contributed by atoms with van der Waals surface area (Å²) in [5.41, 5.74) is 0.415. The van der Waals surface area contributed by atoms with Gasteiger partial charge in [-0.15, -0.1) is 0 Å². The Bertz CT molecular complexity index is 224. The summed E-state index contributed by atoms with van der Waals surface area (Å²) in [5, 5.41) is 3.77. The van der Waals surface area contributed by atoms with E-state index in [1.54, 1.807) is 0 Å². The van der Waals surface area contributed by atoms with Gasteiger partial charge >= 0.3 is 0 Å². The van der Waals surface area contributed by atoms with Crippen LogP contribution in [0.1, 0.15) is 54.4 Å². The number of hydrogen-bond acceptors (Lipinski definition) is 2. The predicted molar refractivity (Wildman–Crippen MR) is 80.9 cm³/mol. The van der Waals surface area contributed by atoms with Gasteiger partial charge in [0.25, 0.3) is 0 Å². The summed E-state index contributed by atoms with van der Waals surface area (Å²) in [5.74, 6) is 1.61. The van der Waals surface area contributed by atoms with Gasteiger partial charge in [-0.1, -0.05) is 34.6 Å². The van der Waals surface area contributed by atoms with E-state index in [1.165, 1.54) is 32.5 Å². The van der Waals surface area contributed by atoms with Crippen molar-refractivity contribution in [3.63, 3.8) is 0 Å². The fourth-order valence-electron chi connectivity index (χ4n) is 2.60. The van der Waals surface area contributed by atoms with Crippen molar-refractivity contribution >= 4 is 0 Å². The molecule has 1 saturated heterocycles. The van der Waals surface area contributed by atoms with E-state index in [1.807, 2.05) is 0 Å². The maximum atomic E-state index is 3.77. The first-order valence-corrected chi connectivity index (χ1v) is 7.80. The van der Waals surface area contributed by atoms with Crippen LogP contribution in [0.2, 0.25) is 0 Å². The average molecular weight is 254 g/mol. The minimum Gasteiger partial charge on any atom is -0.314 e. The van der Waals surface area contributed by atoms with Crippen LogP contribution in [0.5, 0.6) is 0 Å². The van der Waals surface area contributed by atoms with E-state index in [9.17, 15) is 0 Å². The maximum Gasteiger partial charge on any atom is 0.00680 e. The van der Waals surface area contributed by atoms with Crippen LogP contribution >= 0.6 is 0 Å². The van der Waals surface area contributed by atoms with Gasteiger partial charge in [-0.05, 0) is 63.2 Å². The summed E-state index contributed by atoms with van der Waals surface area (Å²) < 4.78 is 0. The van der Waals surface area contributed by atoms with Crippen molar-refractivity contribution in [1.29, 1.82) is 0 Å². The molecule has 1 heterocycles. The number of rotatable bonds is 5. The van der Waals surface area contributed by atoms with E-state index >= 15 is 0 Å². The fourth-order valence-corrected chi connectivity index (χ4v) is 2.60. The van der Waals surface area contributed by atoms with Crippen molar-refractivity contribution in [2.45, 2.75) is 60.4 Å². The lowest BCUT2D eigenvalue weighted by Crippen LogP contribution is -2.44. The normalized spacial score (nSPS) is 23.0. The molecule has 1 aliphatic rings. The van der Waals surface area contributed by atoms with Crippen LogP contribution in [0, 0.1) is 17.3 Å². The molecular formula is C16H34N2. The molecule has 2 atom stereocenters. The van der Waals surface area contributed by atoms with Crippen molar-refractivity contribution < 1.29 is 0 Å². The smallest absolute Gasteiger partial charge is 0.00680 e. The Morgan fingerprint density at radius 3 is 2.17 bits per heavy atom. The largest absolute Gasteiger partial charge is 0.314 e. The van der Waals surface area contributed by atoms with Gasteiger partial charge in [0, 0.05) is 6.04 Å². The van der Waals surface area contributed by atoms with Crippen molar-refractivity contribution in [2.24, 2.45) is 17.3 Å². The van der Waals surface area contributed by atoms with Gasteiger partial charge in [0.2, 0.25) is 0 Å². The van der Waals surface area contributed by atoms with Crippen LogP contribution in [-0.2, 0) is 0 Å². The third kappa shape index (κ3) is 4.89. The first kappa shape index (κ1) is 16.0. The van der Waals surface area contributed by atoms with Crippen molar-refractivity contribution in [3.05, 3.63) is 0 Å². The van der Waals surface area contributed by atoms with Crippen molar-refractivity contribution in [1.82, 2.24) is 10.2 Å². The molecule has 0 radical (unpaired) electrons. The number of hydrogen-bond donors (Lipinski definition) is 1. The zero-order valence-corrected chi connectivity index (χ0v) is 13.4. The van der Waals surface area contributed by atoms with E-state index in [4.69, 9.17) is 0 Å². The summed E-state index contributed by atoms with van der Waals surface area (Å²) in [6.45, 7) is 19.0. The second-order valence-corrected chi connectivity index (χ2v) is 7.24. The highest BCUT2D eigenvalue weighted by molar-refractivity contribution is 4.81. The van der Waals surface area contributed by atoms with Crippen LogP contribution in [0.15, 0.2) is 0 Å². The Morgan fingerprint density at radius 1 is 1.17 bits per heavy atom. The minimum absolute atomic E-state index is 0.415. The predicted octanol–water partition coefficient (Wildman–Crippen LogP) is 3.38. The molecule has 1 aliphatic heterocycles. The van der Waals surface area contributed by atoms with E-state index in [0.717, 1.165) is 18.4 Å². The molecule has 0 amide bonds. The summed E-state index contributed by atoms with van der Waals surface area (Å²) in [7, 11) is 0. The van der Waals surface area contributed by atoms with E-state index in [0.29, 0.717) is 11.5 Å². The maximum absolute atomic E-state index is 3.77. The fraction of sp³-hybridized carbons (Fsp3) is 1.00. The third-order valence-corrected chi connectivity index (χ3v) is 5.01. The second-order valence-electron chi connectivity index (χ2n) is 7.24. The zero-order valence-electron chi connectivity index (χ0n) is 13.4. The molecule has 0 aromatic heterocycles. The zero-order chi connectivity index (χ0) is 13.8. The van der Waals surface area contributed by atoms with Crippen LogP contribution < -0.4 is 5.32 Å². The highest BCUT2D eigenvalue weighted by atomic mass is 15.1. The molecule has 2 nitrogen and oxygen atoms in total. The summed E-state index contributed by atoms with van der Waals surface area (Å²) in [6, 6.07) is 0.675. The summed E-state index contributed by atoms with van der Waals surface area (Å²) in [4.78, 5) is 2.57. The molecule has 0 spiro atoms. The van der Waals surface area contributed by atoms with Gasteiger partial charge in [-0.3, -0.25) is 0 Å². The molecule has 1 N–H and O–H groups in total. The number of likely N-dealkylation sites (tertiary alicyclic amines) is 1. The molecule has 1 rings (SSSR count). The quantitative estimate of drug-likeness (QED) is 0.809. The third-order valence-electron chi connectivity index (χ3n) is 5.01. The van der Waals surface area contributed by atoms with Gasteiger partial charge in [-0.2, -0.15) is 0 Å². The molecule has 0 aromatic carbocycles. The van der Waals surface area contributed by atoms with Gasteiger partial charge in [0.1, 0.15) is 0 Å². The van der Waals surface area contributed by atoms with E-state index < -0.39 is 0 Å². The first-order chi connectivity index (χ1) is 8.34. The van der Waals surface area contributed by atoms with Gasteiger partial charge in [0.15, 0.2) is 0 Å². The minimum atomic E-state index is 0.415. The monoisotopic (exact) mass is 254 g/mol. The highest BCUT2D eigenvalue weighted by Crippen LogP contribution is 2.25. The Morgan fingerprint density at radius 2 is 1.72 bits per heavy atom. The average Bonchev–Trinajstić information content (AvgIpc) is 2.34. The first-order valence-electron chi connectivity index (χ1n) is 7.80. The lowest BCUT2D eigenvalue weighted by molar-refractivity contribution is 0.161. The van der Waals surface area contributed by atoms with Gasteiger partial charge < -0.3 is 10.2 Å². The van der Waals surface area contributed by atoms with Crippen LogP contribution in [0.25, 0.3) is 0 Å². The molecule has 0 aliphatic carbocycles. The lowest BCUT2D eigenvalue weighted by atomic mass is 9.81. The van der Waals surface area contributed by atoms with E-state index in [-0.39, 0.29) is 0 Å². The SMILES string of the molecule is CCN1CCC(C(C)NCC(C)C(C)(C)C)CC1. The molecule has 18 heavy (non-hydrogen) atoms. The molecule has 108 valence electrons.